The predicted octanol–water partition coefficient (Wildman–Crippen LogP) is 1.02. The van der Waals surface area contributed by atoms with Crippen molar-refractivity contribution >= 4 is 16.9 Å². The van der Waals surface area contributed by atoms with Gasteiger partial charge in [-0.1, -0.05) is 20.8 Å². The van der Waals surface area contributed by atoms with Crippen LogP contribution in [-0.4, -0.2) is 36.3 Å². The molecule has 0 fully saturated rings. The highest BCUT2D eigenvalue weighted by Gasteiger charge is 2.25. The van der Waals surface area contributed by atoms with Gasteiger partial charge in [0.15, 0.2) is 11.2 Å². The molecule has 3 aromatic heterocycles. The molecule has 0 spiro atoms. The van der Waals surface area contributed by atoms with Crippen LogP contribution >= 0.6 is 0 Å². The second-order valence-corrected chi connectivity index (χ2v) is 7.27. The maximum atomic E-state index is 12.7. The molecule has 25 heavy (non-hydrogen) atoms. The number of nitrogens with zero attached hydrogens (tertiary/aromatic N) is 5. The fourth-order valence-corrected chi connectivity index (χ4v) is 3.13. The maximum Gasteiger partial charge on any atom is 0.332 e. The Bertz CT molecular complexity index is 1060. The lowest BCUT2D eigenvalue weighted by Gasteiger charge is -2.20. The molecule has 0 saturated carbocycles. The minimum Gasteiger partial charge on any atom is -0.380 e. The zero-order valence-corrected chi connectivity index (χ0v) is 15.7. The monoisotopic (exact) mass is 347 g/mol. The van der Waals surface area contributed by atoms with E-state index in [-0.39, 0.29) is 16.7 Å². The number of rotatable bonds is 4. The Kier molecular flexibility index (Phi) is 4.10. The number of ether oxygens (including phenoxy) is 1. The molecule has 0 aliphatic rings. The van der Waals surface area contributed by atoms with E-state index in [9.17, 15) is 9.59 Å². The molecule has 3 heterocycles. The van der Waals surface area contributed by atoms with Crippen molar-refractivity contribution in [2.75, 3.05) is 13.2 Å². The molecule has 0 unspecified atom stereocenters. The first-order valence-corrected chi connectivity index (χ1v) is 8.44. The van der Waals surface area contributed by atoms with Gasteiger partial charge in [0.2, 0.25) is 5.78 Å². The van der Waals surface area contributed by atoms with Gasteiger partial charge >= 0.3 is 5.69 Å². The van der Waals surface area contributed by atoms with Crippen LogP contribution in [0, 0.1) is 0 Å². The molecule has 3 rings (SSSR count). The average Bonchev–Trinajstić information content (AvgIpc) is 3.07. The molecule has 0 radical (unpaired) electrons. The quantitative estimate of drug-likeness (QED) is 0.661. The van der Waals surface area contributed by atoms with Crippen molar-refractivity contribution in [3.63, 3.8) is 0 Å². The van der Waals surface area contributed by atoms with E-state index in [4.69, 9.17) is 4.74 Å². The average molecular weight is 347 g/mol. The molecule has 136 valence electrons. The van der Waals surface area contributed by atoms with Crippen molar-refractivity contribution in [2.24, 2.45) is 14.1 Å². The minimum absolute atomic E-state index is 0.120. The Labute approximate surface area is 145 Å². The highest BCUT2D eigenvalue weighted by Crippen LogP contribution is 2.26. The first-order chi connectivity index (χ1) is 11.7. The Balaban J connectivity index is 2.39. The number of hydrogen-bond donors (Lipinski definition) is 0. The van der Waals surface area contributed by atoms with Crippen LogP contribution in [0.5, 0.6) is 0 Å². The van der Waals surface area contributed by atoms with Crippen molar-refractivity contribution in [3.8, 4) is 0 Å². The minimum atomic E-state index is -0.379. The van der Waals surface area contributed by atoms with E-state index in [0.29, 0.717) is 36.7 Å². The first-order valence-electron chi connectivity index (χ1n) is 8.44. The Morgan fingerprint density at radius 2 is 1.84 bits per heavy atom. The summed E-state index contributed by atoms with van der Waals surface area (Å²) in [6, 6.07) is 0. The molecule has 3 aromatic rings. The summed E-state index contributed by atoms with van der Waals surface area (Å²) in [5.74, 6) is 0.651. The molecule has 0 aromatic carbocycles. The number of fused-ring (bicyclic) bond motifs is 3. The summed E-state index contributed by atoms with van der Waals surface area (Å²) in [5, 5.41) is 0. The van der Waals surface area contributed by atoms with Crippen molar-refractivity contribution in [1.82, 2.24) is 23.1 Å². The Morgan fingerprint density at radius 1 is 1.16 bits per heavy atom. The van der Waals surface area contributed by atoms with Crippen molar-refractivity contribution in [1.29, 1.82) is 0 Å². The van der Waals surface area contributed by atoms with E-state index in [1.165, 1.54) is 11.6 Å². The lowest BCUT2D eigenvalue weighted by molar-refractivity contribution is 0.138. The van der Waals surface area contributed by atoms with Gasteiger partial charge in [0.05, 0.1) is 6.61 Å². The van der Waals surface area contributed by atoms with Gasteiger partial charge in [-0.3, -0.25) is 18.3 Å². The number of imidazole rings is 2. The van der Waals surface area contributed by atoms with Crippen molar-refractivity contribution in [2.45, 2.75) is 39.7 Å². The topological polar surface area (TPSA) is 75.5 Å². The summed E-state index contributed by atoms with van der Waals surface area (Å²) >= 11 is 0. The summed E-state index contributed by atoms with van der Waals surface area (Å²) in [6.45, 7) is 10.2. The van der Waals surface area contributed by atoms with Gasteiger partial charge in [-0.25, -0.2) is 4.79 Å². The van der Waals surface area contributed by atoms with E-state index in [1.54, 1.807) is 11.4 Å². The fraction of sp³-hybridized carbons (Fsp3) is 0.588. The highest BCUT2D eigenvalue weighted by molar-refractivity contribution is 5.75. The zero-order chi connectivity index (χ0) is 18.5. The molecular weight excluding hydrogens is 322 g/mol. The summed E-state index contributed by atoms with van der Waals surface area (Å²) in [6.07, 6.45) is 1.95. The van der Waals surface area contributed by atoms with Crippen LogP contribution in [0.25, 0.3) is 16.9 Å². The molecule has 8 heteroatoms. The lowest BCUT2D eigenvalue weighted by Crippen LogP contribution is -2.37. The standard InChI is InChI=1S/C17H25N5O3/c1-7-25-9-8-21-11(17(2,3)4)10-22-12-13(18-15(21)22)19(5)16(24)20(6)14(12)23/h10H,7-9H2,1-6H3. The Morgan fingerprint density at radius 3 is 2.44 bits per heavy atom. The van der Waals surface area contributed by atoms with E-state index >= 15 is 0 Å². The number of aryl methyl sites for hydroxylation is 1. The molecule has 0 atom stereocenters. The molecule has 0 aliphatic carbocycles. The lowest BCUT2D eigenvalue weighted by atomic mass is 9.92. The van der Waals surface area contributed by atoms with E-state index in [2.05, 4.69) is 30.3 Å². The first kappa shape index (κ1) is 17.5. The highest BCUT2D eigenvalue weighted by atomic mass is 16.5. The molecule has 0 amide bonds. The van der Waals surface area contributed by atoms with E-state index in [0.717, 1.165) is 10.3 Å². The van der Waals surface area contributed by atoms with Crippen LogP contribution in [0.4, 0.5) is 0 Å². The van der Waals surface area contributed by atoms with Crippen LogP contribution in [0.3, 0.4) is 0 Å². The van der Waals surface area contributed by atoms with Crippen LogP contribution in [-0.2, 0) is 30.8 Å². The predicted molar refractivity (Wildman–Crippen MR) is 96.4 cm³/mol. The van der Waals surface area contributed by atoms with Gasteiger partial charge < -0.3 is 9.30 Å². The van der Waals surface area contributed by atoms with E-state index < -0.39 is 0 Å². The second kappa shape index (κ2) is 5.87. The molecule has 8 nitrogen and oxygen atoms in total. The van der Waals surface area contributed by atoms with Crippen LogP contribution in [0.1, 0.15) is 33.4 Å². The van der Waals surface area contributed by atoms with Crippen molar-refractivity contribution < 1.29 is 4.74 Å². The van der Waals surface area contributed by atoms with E-state index in [1.807, 2.05) is 13.1 Å². The fourth-order valence-electron chi connectivity index (χ4n) is 3.13. The summed E-state index contributed by atoms with van der Waals surface area (Å²) in [4.78, 5) is 29.4. The molecule has 0 N–H and O–H groups in total. The van der Waals surface area contributed by atoms with Gasteiger partial charge in [0, 0.05) is 44.6 Å². The largest absolute Gasteiger partial charge is 0.380 e. The van der Waals surface area contributed by atoms with Gasteiger partial charge in [0.1, 0.15) is 0 Å². The number of hydrogen-bond acceptors (Lipinski definition) is 4. The SMILES string of the molecule is CCOCCn1c(C(C)(C)C)cn2c3c(=O)n(C)c(=O)n(C)c3nc12. The van der Waals surface area contributed by atoms with Crippen molar-refractivity contribution in [3.05, 3.63) is 32.7 Å². The van der Waals surface area contributed by atoms with Crippen LogP contribution in [0.15, 0.2) is 15.8 Å². The van der Waals surface area contributed by atoms with Gasteiger partial charge in [-0.15, -0.1) is 0 Å². The van der Waals surface area contributed by atoms with Crippen LogP contribution in [0.2, 0.25) is 0 Å². The summed E-state index contributed by atoms with van der Waals surface area (Å²) < 4.78 is 11.9. The number of aromatic nitrogens is 5. The van der Waals surface area contributed by atoms with Gasteiger partial charge in [0.25, 0.3) is 5.56 Å². The molecule has 0 aliphatic heterocycles. The summed E-state index contributed by atoms with van der Waals surface area (Å²) in [5.41, 5.74) is 1.04. The zero-order valence-electron chi connectivity index (χ0n) is 15.7. The third kappa shape index (κ3) is 2.60. The third-order valence-electron chi connectivity index (χ3n) is 4.49. The van der Waals surface area contributed by atoms with Gasteiger partial charge in [-0.05, 0) is 6.92 Å². The normalized spacial score (nSPS) is 12.6. The maximum absolute atomic E-state index is 12.7. The summed E-state index contributed by atoms with van der Waals surface area (Å²) in [7, 11) is 3.12. The Hall–Kier alpha value is -2.35. The van der Waals surface area contributed by atoms with Crippen LogP contribution < -0.4 is 11.2 Å². The second-order valence-electron chi connectivity index (χ2n) is 7.27. The third-order valence-corrected chi connectivity index (χ3v) is 4.49. The molecular formula is C17H25N5O3. The molecule has 0 bridgehead atoms. The van der Waals surface area contributed by atoms with Gasteiger partial charge in [-0.2, -0.15) is 4.98 Å². The molecule has 0 saturated heterocycles. The smallest absolute Gasteiger partial charge is 0.332 e.